The van der Waals surface area contributed by atoms with Gasteiger partial charge in [-0.15, -0.1) is 10.2 Å². The zero-order chi connectivity index (χ0) is 14.1. The quantitative estimate of drug-likeness (QED) is 0.846. The van der Waals surface area contributed by atoms with Gasteiger partial charge in [-0.25, -0.2) is 0 Å². The van der Waals surface area contributed by atoms with Crippen molar-refractivity contribution in [2.24, 2.45) is 7.05 Å². The zero-order valence-corrected chi connectivity index (χ0v) is 12.6. The average Bonchev–Trinajstić information content (AvgIpc) is 3.23. The molecular weight excluding hydrogens is 272 g/mol. The predicted octanol–water partition coefficient (Wildman–Crippen LogP) is 3.37. The topological polar surface area (TPSA) is 34.0 Å². The van der Waals surface area contributed by atoms with Crippen molar-refractivity contribution < 1.29 is 0 Å². The fourth-order valence-electron chi connectivity index (χ4n) is 2.46. The van der Waals surface area contributed by atoms with Gasteiger partial charge in [-0.1, -0.05) is 23.7 Å². The third-order valence-corrected chi connectivity index (χ3v) is 4.17. The molecule has 0 atom stereocenters. The van der Waals surface area contributed by atoms with Crippen molar-refractivity contribution in [3.8, 4) is 0 Å². The Hall–Kier alpha value is -1.55. The third-order valence-electron chi connectivity index (χ3n) is 3.85. The van der Waals surface area contributed by atoms with E-state index in [1.165, 1.54) is 12.8 Å². The van der Waals surface area contributed by atoms with Gasteiger partial charge in [0.2, 0.25) is 0 Å². The maximum absolute atomic E-state index is 6.28. The van der Waals surface area contributed by atoms with E-state index >= 15 is 0 Å². The smallest absolute Gasteiger partial charge is 0.152 e. The van der Waals surface area contributed by atoms with Gasteiger partial charge in [-0.05, 0) is 31.9 Å². The van der Waals surface area contributed by atoms with E-state index in [1.807, 2.05) is 24.3 Å². The minimum atomic E-state index is 0.622. The monoisotopic (exact) mass is 290 g/mol. The summed E-state index contributed by atoms with van der Waals surface area (Å²) in [5.41, 5.74) is 1.05. The van der Waals surface area contributed by atoms with Crippen molar-refractivity contribution in [1.29, 1.82) is 0 Å². The van der Waals surface area contributed by atoms with Crippen LogP contribution >= 0.6 is 11.6 Å². The van der Waals surface area contributed by atoms with E-state index in [4.69, 9.17) is 11.6 Å². The van der Waals surface area contributed by atoms with Crippen molar-refractivity contribution in [2.45, 2.75) is 32.2 Å². The van der Waals surface area contributed by atoms with E-state index in [0.717, 1.165) is 35.4 Å². The van der Waals surface area contributed by atoms with Crippen molar-refractivity contribution in [1.82, 2.24) is 14.8 Å². The van der Waals surface area contributed by atoms with Crippen LogP contribution in [0.25, 0.3) is 0 Å². The Labute approximate surface area is 124 Å². The largest absolute Gasteiger partial charge is 0.363 e. The van der Waals surface area contributed by atoms with Crippen LogP contribution in [0.1, 0.15) is 37.3 Å². The lowest BCUT2D eigenvalue weighted by Crippen LogP contribution is -2.24. The van der Waals surface area contributed by atoms with Crippen LogP contribution in [-0.2, 0) is 13.6 Å². The Morgan fingerprint density at radius 2 is 2.05 bits per heavy atom. The van der Waals surface area contributed by atoms with Crippen molar-refractivity contribution >= 4 is 17.3 Å². The van der Waals surface area contributed by atoms with Crippen LogP contribution in [0, 0.1) is 0 Å². The third kappa shape index (κ3) is 2.52. The molecule has 2 aromatic rings. The average molecular weight is 291 g/mol. The van der Waals surface area contributed by atoms with E-state index in [9.17, 15) is 0 Å². The number of hydrogen-bond donors (Lipinski definition) is 0. The first-order valence-electron chi connectivity index (χ1n) is 7.08. The molecule has 0 N–H and O–H groups in total. The van der Waals surface area contributed by atoms with Crippen LogP contribution in [0.3, 0.4) is 0 Å². The number of nitrogens with zero attached hydrogens (tertiary/aromatic N) is 4. The SMILES string of the molecule is CCN(Cc1nnc(C2CC2)n1C)c1ccccc1Cl. The molecule has 1 aliphatic carbocycles. The minimum Gasteiger partial charge on any atom is -0.363 e. The first-order valence-corrected chi connectivity index (χ1v) is 7.46. The molecule has 0 unspecified atom stereocenters. The van der Waals surface area contributed by atoms with Crippen LogP contribution in [0.5, 0.6) is 0 Å². The van der Waals surface area contributed by atoms with Gasteiger partial charge in [0.05, 0.1) is 17.3 Å². The Morgan fingerprint density at radius 1 is 1.30 bits per heavy atom. The molecule has 106 valence electrons. The fourth-order valence-corrected chi connectivity index (χ4v) is 2.71. The van der Waals surface area contributed by atoms with Crippen LogP contribution < -0.4 is 4.90 Å². The summed E-state index contributed by atoms with van der Waals surface area (Å²) in [7, 11) is 2.06. The molecule has 1 aromatic heterocycles. The molecule has 20 heavy (non-hydrogen) atoms. The lowest BCUT2D eigenvalue weighted by molar-refractivity contribution is 0.709. The van der Waals surface area contributed by atoms with Gasteiger partial charge in [0.25, 0.3) is 0 Å². The number of hydrogen-bond acceptors (Lipinski definition) is 3. The highest BCUT2D eigenvalue weighted by Crippen LogP contribution is 2.39. The lowest BCUT2D eigenvalue weighted by atomic mass is 10.3. The molecule has 1 heterocycles. The number of para-hydroxylation sites is 1. The van der Waals surface area contributed by atoms with Crippen LogP contribution in [0.2, 0.25) is 5.02 Å². The standard InChI is InChI=1S/C15H19ClN4/c1-3-20(13-7-5-4-6-12(13)16)10-14-17-18-15(19(14)2)11-8-9-11/h4-7,11H,3,8-10H2,1-2H3. The summed E-state index contributed by atoms with van der Waals surface area (Å²) in [4.78, 5) is 2.23. The van der Waals surface area contributed by atoms with E-state index in [-0.39, 0.29) is 0 Å². The second kappa shape index (κ2) is 5.44. The van der Waals surface area contributed by atoms with Crippen LogP contribution in [0.15, 0.2) is 24.3 Å². The molecule has 4 nitrogen and oxygen atoms in total. The highest BCUT2D eigenvalue weighted by Gasteiger charge is 2.29. The van der Waals surface area contributed by atoms with E-state index in [2.05, 4.69) is 33.6 Å². The Balaban J connectivity index is 1.83. The highest BCUT2D eigenvalue weighted by atomic mass is 35.5. The van der Waals surface area contributed by atoms with Gasteiger partial charge in [-0.3, -0.25) is 0 Å². The molecule has 1 saturated carbocycles. The van der Waals surface area contributed by atoms with Crippen LogP contribution in [0.4, 0.5) is 5.69 Å². The van der Waals surface area contributed by atoms with Crippen molar-refractivity contribution in [3.63, 3.8) is 0 Å². The molecule has 0 radical (unpaired) electrons. The predicted molar refractivity (Wildman–Crippen MR) is 81.2 cm³/mol. The molecule has 0 bridgehead atoms. The summed E-state index contributed by atoms with van der Waals surface area (Å²) >= 11 is 6.28. The summed E-state index contributed by atoms with van der Waals surface area (Å²) in [6.07, 6.45) is 2.49. The summed E-state index contributed by atoms with van der Waals surface area (Å²) < 4.78 is 2.14. The number of benzene rings is 1. The molecule has 1 aromatic carbocycles. The molecule has 0 spiro atoms. The Morgan fingerprint density at radius 3 is 2.70 bits per heavy atom. The number of halogens is 1. The zero-order valence-electron chi connectivity index (χ0n) is 11.9. The van der Waals surface area contributed by atoms with Gasteiger partial charge in [0.1, 0.15) is 5.82 Å². The maximum Gasteiger partial charge on any atom is 0.152 e. The second-order valence-corrected chi connectivity index (χ2v) is 5.68. The maximum atomic E-state index is 6.28. The number of rotatable bonds is 5. The molecule has 5 heteroatoms. The summed E-state index contributed by atoms with van der Waals surface area (Å²) in [6, 6.07) is 7.93. The molecule has 0 amide bonds. The van der Waals surface area contributed by atoms with Gasteiger partial charge in [0.15, 0.2) is 5.82 Å². The fraction of sp³-hybridized carbons (Fsp3) is 0.467. The van der Waals surface area contributed by atoms with E-state index in [0.29, 0.717) is 5.92 Å². The second-order valence-electron chi connectivity index (χ2n) is 5.27. The molecule has 3 rings (SSSR count). The van der Waals surface area contributed by atoms with Gasteiger partial charge < -0.3 is 9.47 Å². The van der Waals surface area contributed by atoms with Gasteiger partial charge in [0, 0.05) is 19.5 Å². The highest BCUT2D eigenvalue weighted by molar-refractivity contribution is 6.33. The first-order chi connectivity index (χ1) is 9.70. The molecular formula is C15H19ClN4. The summed E-state index contributed by atoms with van der Waals surface area (Å²) in [5.74, 6) is 2.74. The molecule has 1 fully saturated rings. The lowest BCUT2D eigenvalue weighted by Gasteiger charge is -2.23. The van der Waals surface area contributed by atoms with Gasteiger partial charge in [-0.2, -0.15) is 0 Å². The van der Waals surface area contributed by atoms with Crippen molar-refractivity contribution in [3.05, 3.63) is 40.9 Å². The molecule has 0 aliphatic heterocycles. The van der Waals surface area contributed by atoms with E-state index in [1.54, 1.807) is 0 Å². The molecule has 1 aliphatic rings. The first kappa shape index (κ1) is 13.4. The Bertz CT molecular complexity index is 604. The van der Waals surface area contributed by atoms with Gasteiger partial charge >= 0.3 is 0 Å². The number of aromatic nitrogens is 3. The minimum absolute atomic E-state index is 0.622. The van der Waals surface area contributed by atoms with Crippen molar-refractivity contribution in [2.75, 3.05) is 11.4 Å². The molecule has 0 saturated heterocycles. The number of anilines is 1. The summed E-state index contributed by atoms with van der Waals surface area (Å²) in [5, 5.41) is 9.46. The normalized spacial score (nSPS) is 14.6. The Kier molecular flexibility index (Phi) is 3.66. The summed E-state index contributed by atoms with van der Waals surface area (Å²) in [6.45, 7) is 3.74. The van der Waals surface area contributed by atoms with E-state index < -0.39 is 0 Å². The van der Waals surface area contributed by atoms with Crippen LogP contribution in [-0.4, -0.2) is 21.3 Å².